The number of hydrogen-bond acceptors (Lipinski definition) is 3. The predicted octanol–water partition coefficient (Wildman–Crippen LogP) is 2.04. The van der Waals surface area contributed by atoms with E-state index in [0.29, 0.717) is 6.04 Å². The maximum absolute atomic E-state index is 3.67. The lowest BCUT2D eigenvalue weighted by Crippen LogP contribution is -2.45. The molecule has 0 aromatic heterocycles. The van der Waals surface area contributed by atoms with E-state index in [4.69, 9.17) is 0 Å². The van der Waals surface area contributed by atoms with Crippen LogP contribution in [0.2, 0.25) is 0 Å². The summed E-state index contributed by atoms with van der Waals surface area (Å²) in [5.41, 5.74) is 0. The van der Waals surface area contributed by atoms with Crippen molar-refractivity contribution >= 4 is 0 Å². The van der Waals surface area contributed by atoms with Crippen LogP contribution < -0.4 is 5.32 Å². The van der Waals surface area contributed by atoms with Crippen molar-refractivity contribution in [3.63, 3.8) is 0 Å². The molecule has 0 heterocycles. The quantitative estimate of drug-likeness (QED) is 0.716. The third kappa shape index (κ3) is 4.87. The van der Waals surface area contributed by atoms with Crippen molar-refractivity contribution in [2.24, 2.45) is 5.92 Å². The molecule has 3 nitrogen and oxygen atoms in total. The standard InChI is InChI=1S/C15H33N3/c1-6-16-15-10-8-9-14(15)12-18(7-2)13(3)11-17(4)5/h13-16H,6-12H2,1-5H3. The van der Waals surface area contributed by atoms with E-state index in [9.17, 15) is 0 Å². The molecule has 3 unspecified atom stereocenters. The van der Waals surface area contributed by atoms with Gasteiger partial charge >= 0.3 is 0 Å². The van der Waals surface area contributed by atoms with E-state index in [1.54, 1.807) is 0 Å². The Bertz CT molecular complexity index is 218. The lowest BCUT2D eigenvalue weighted by atomic mass is 10.0. The van der Waals surface area contributed by atoms with Gasteiger partial charge in [-0.05, 0) is 52.9 Å². The summed E-state index contributed by atoms with van der Waals surface area (Å²) in [7, 11) is 4.34. The maximum atomic E-state index is 3.67. The normalized spacial score (nSPS) is 26.2. The molecule has 3 atom stereocenters. The summed E-state index contributed by atoms with van der Waals surface area (Å²) in [4.78, 5) is 4.95. The highest BCUT2D eigenvalue weighted by Gasteiger charge is 2.28. The molecular formula is C15H33N3. The molecule has 0 spiro atoms. The van der Waals surface area contributed by atoms with Gasteiger partial charge in [-0.2, -0.15) is 0 Å². The first-order valence-corrected chi connectivity index (χ1v) is 7.70. The van der Waals surface area contributed by atoms with Crippen LogP contribution in [-0.4, -0.2) is 62.2 Å². The fourth-order valence-corrected chi connectivity index (χ4v) is 3.35. The molecule has 1 fully saturated rings. The Kier molecular flexibility index (Phi) is 7.20. The second-order valence-electron chi connectivity index (χ2n) is 6.05. The Labute approximate surface area is 114 Å². The molecule has 0 saturated heterocycles. The van der Waals surface area contributed by atoms with Gasteiger partial charge in [0, 0.05) is 25.2 Å². The molecule has 0 aromatic carbocycles. The Hall–Kier alpha value is -0.120. The minimum Gasteiger partial charge on any atom is -0.314 e. The average molecular weight is 255 g/mol. The van der Waals surface area contributed by atoms with Crippen molar-refractivity contribution in [2.75, 3.05) is 40.3 Å². The van der Waals surface area contributed by atoms with E-state index < -0.39 is 0 Å². The van der Waals surface area contributed by atoms with Gasteiger partial charge in [-0.15, -0.1) is 0 Å². The fourth-order valence-electron chi connectivity index (χ4n) is 3.35. The molecule has 0 bridgehead atoms. The van der Waals surface area contributed by atoms with Crippen molar-refractivity contribution in [1.29, 1.82) is 0 Å². The number of hydrogen-bond donors (Lipinski definition) is 1. The molecule has 1 aliphatic rings. The van der Waals surface area contributed by atoms with E-state index in [0.717, 1.165) is 25.0 Å². The molecule has 0 radical (unpaired) electrons. The number of rotatable bonds is 8. The van der Waals surface area contributed by atoms with Crippen LogP contribution in [0.5, 0.6) is 0 Å². The molecule has 1 aliphatic carbocycles. The van der Waals surface area contributed by atoms with Crippen molar-refractivity contribution in [3.8, 4) is 0 Å². The van der Waals surface area contributed by atoms with Crippen molar-refractivity contribution < 1.29 is 0 Å². The molecule has 0 aromatic rings. The Morgan fingerprint density at radius 2 is 1.94 bits per heavy atom. The van der Waals surface area contributed by atoms with Crippen molar-refractivity contribution in [1.82, 2.24) is 15.1 Å². The van der Waals surface area contributed by atoms with Crippen LogP contribution in [0.25, 0.3) is 0 Å². The first-order valence-electron chi connectivity index (χ1n) is 7.70. The maximum Gasteiger partial charge on any atom is 0.0194 e. The van der Waals surface area contributed by atoms with Gasteiger partial charge in [-0.25, -0.2) is 0 Å². The Morgan fingerprint density at radius 3 is 2.50 bits per heavy atom. The van der Waals surface area contributed by atoms with Gasteiger partial charge in [-0.1, -0.05) is 20.3 Å². The van der Waals surface area contributed by atoms with Gasteiger partial charge in [0.05, 0.1) is 0 Å². The highest BCUT2D eigenvalue weighted by Crippen LogP contribution is 2.27. The number of nitrogens with one attached hydrogen (secondary N) is 1. The lowest BCUT2D eigenvalue weighted by Gasteiger charge is -2.34. The second kappa shape index (κ2) is 8.13. The molecule has 1 rings (SSSR count). The Balaban J connectivity index is 2.46. The summed E-state index contributed by atoms with van der Waals surface area (Å²) in [6, 6.07) is 1.42. The van der Waals surface area contributed by atoms with Crippen LogP contribution in [0.3, 0.4) is 0 Å². The minimum absolute atomic E-state index is 0.660. The summed E-state index contributed by atoms with van der Waals surface area (Å²) in [5, 5.41) is 3.67. The van der Waals surface area contributed by atoms with Gasteiger partial charge in [0.25, 0.3) is 0 Å². The van der Waals surface area contributed by atoms with E-state index >= 15 is 0 Å². The van der Waals surface area contributed by atoms with Gasteiger partial charge < -0.3 is 10.2 Å². The molecule has 108 valence electrons. The first kappa shape index (κ1) is 15.9. The summed E-state index contributed by atoms with van der Waals surface area (Å²) >= 11 is 0. The molecule has 1 N–H and O–H groups in total. The number of nitrogens with zero attached hydrogens (tertiary/aromatic N) is 2. The topological polar surface area (TPSA) is 18.5 Å². The van der Waals surface area contributed by atoms with E-state index in [2.05, 4.69) is 50.0 Å². The van der Waals surface area contributed by atoms with Crippen LogP contribution in [0.1, 0.15) is 40.0 Å². The second-order valence-corrected chi connectivity index (χ2v) is 6.05. The molecule has 3 heteroatoms. The van der Waals surface area contributed by atoms with Crippen molar-refractivity contribution in [2.45, 2.75) is 52.1 Å². The summed E-state index contributed by atoms with van der Waals surface area (Å²) < 4.78 is 0. The van der Waals surface area contributed by atoms with Crippen LogP contribution in [0.15, 0.2) is 0 Å². The smallest absolute Gasteiger partial charge is 0.0194 e. The summed E-state index contributed by atoms with van der Waals surface area (Å²) in [5.74, 6) is 0.856. The largest absolute Gasteiger partial charge is 0.314 e. The van der Waals surface area contributed by atoms with Crippen LogP contribution in [-0.2, 0) is 0 Å². The Morgan fingerprint density at radius 1 is 1.22 bits per heavy atom. The van der Waals surface area contributed by atoms with E-state index in [1.165, 1.54) is 32.4 Å². The van der Waals surface area contributed by atoms with Gasteiger partial charge in [0.2, 0.25) is 0 Å². The van der Waals surface area contributed by atoms with Crippen LogP contribution in [0, 0.1) is 5.92 Å². The monoisotopic (exact) mass is 255 g/mol. The van der Waals surface area contributed by atoms with E-state index in [1.807, 2.05) is 0 Å². The average Bonchev–Trinajstić information content (AvgIpc) is 2.72. The highest BCUT2D eigenvalue weighted by atomic mass is 15.2. The lowest BCUT2D eigenvalue weighted by molar-refractivity contribution is 0.149. The zero-order valence-electron chi connectivity index (χ0n) is 13.1. The molecule has 0 aliphatic heterocycles. The van der Waals surface area contributed by atoms with Gasteiger partial charge in [-0.3, -0.25) is 4.90 Å². The fraction of sp³-hybridized carbons (Fsp3) is 1.00. The molecule has 0 amide bonds. The van der Waals surface area contributed by atoms with Crippen LogP contribution in [0.4, 0.5) is 0 Å². The number of likely N-dealkylation sites (N-methyl/N-ethyl adjacent to an activating group) is 2. The van der Waals surface area contributed by atoms with Gasteiger partial charge in [0.15, 0.2) is 0 Å². The minimum atomic E-state index is 0.660. The van der Waals surface area contributed by atoms with E-state index in [-0.39, 0.29) is 0 Å². The zero-order valence-corrected chi connectivity index (χ0v) is 13.1. The molecular weight excluding hydrogens is 222 g/mol. The first-order chi connectivity index (χ1) is 8.58. The SMILES string of the molecule is CCNC1CCCC1CN(CC)C(C)CN(C)C. The summed E-state index contributed by atoms with van der Waals surface area (Å²) in [6.07, 6.45) is 4.18. The van der Waals surface area contributed by atoms with Gasteiger partial charge in [0.1, 0.15) is 0 Å². The zero-order chi connectivity index (χ0) is 13.5. The third-order valence-electron chi connectivity index (χ3n) is 4.25. The van der Waals surface area contributed by atoms with Crippen molar-refractivity contribution in [3.05, 3.63) is 0 Å². The summed E-state index contributed by atoms with van der Waals surface area (Å²) in [6.45, 7) is 11.6. The van der Waals surface area contributed by atoms with Crippen LogP contribution >= 0.6 is 0 Å². The highest BCUT2D eigenvalue weighted by molar-refractivity contribution is 4.86. The third-order valence-corrected chi connectivity index (χ3v) is 4.25. The molecule has 1 saturated carbocycles. The predicted molar refractivity (Wildman–Crippen MR) is 80.1 cm³/mol. The molecule has 18 heavy (non-hydrogen) atoms.